The SMILES string of the molecule is CNCCC(=O)N1CCN(S(=O)(=O)c2c[nH]c3ncccc23)CC1.Cl. The van der Waals surface area contributed by atoms with Gasteiger partial charge in [-0.3, -0.25) is 4.79 Å². The fraction of sp³-hybridized carbons (Fsp3) is 0.467. The minimum Gasteiger partial charge on any atom is -0.345 e. The topological polar surface area (TPSA) is 98.4 Å². The van der Waals surface area contributed by atoms with Crippen molar-refractivity contribution >= 4 is 39.4 Å². The van der Waals surface area contributed by atoms with E-state index in [9.17, 15) is 13.2 Å². The molecule has 0 radical (unpaired) electrons. The van der Waals surface area contributed by atoms with Crippen LogP contribution in [0.15, 0.2) is 29.4 Å². The molecule has 0 spiro atoms. The summed E-state index contributed by atoms with van der Waals surface area (Å²) < 4.78 is 27.2. The molecule has 2 aromatic heterocycles. The first-order chi connectivity index (χ1) is 11.5. The number of aromatic amines is 1. The fourth-order valence-electron chi connectivity index (χ4n) is 2.85. The van der Waals surface area contributed by atoms with Crippen LogP contribution in [0.4, 0.5) is 0 Å². The fourth-order valence-corrected chi connectivity index (χ4v) is 4.42. The zero-order valence-corrected chi connectivity index (χ0v) is 15.6. The molecule has 3 rings (SSSR count). The standard InChI is InChI=1S/C15H21N5O3S.ClH/c1-16-6-4-14(21)19-7-9-20(10-8-19)24(22,23)13-11-18-15-12(13)3-2-5-17-15;/h2-3,5,11,16H,4,6-10H2,1H3,(H,17,18);1H. The quantitative estimate of drug-likeness (QED) is 0.775. The maximum absolute atomic E-state index is 12.9. The lowest BCUT2D eigenvalue weighted by molar-refractivity contribution is -0.132. The normalized spacial score (nSPS) is 16.0. The van der Waals surface area contributed by atoms with Gasteiger partial charge in [-0.25, -0.2) is 13.4 Å². The number of sulfonamides is 1. The van der Waals surface area contributed by atoms with E-state index in [-0.39, 0.29) is 23.2 Å². The predicted molar refractivity (Wildman–Crippen MR) is 97.2 cm³/mol. The molecule has 1 amide bonds. The highest BCUT2D eigenvalue weighted by Gasteiger charge is 2.31. The molecule has 3 heterocycles. The molecular formula is C15H22ClN5O3S. The molecule has 8 nitrogen and oxygen atoms in total. The minimum atomic E-state index is -3.60. The molecule has 1 fully saturated rings. The second-order valence-corrected chi connectivity index (χ2v) is 7.60. The van der Waals surface area contributed by atoms with Gasteiger partial charge >= 0.3 is 0 Å². The second kappa shape index (κ2) is 8.13. The van der Waals surface area contributed by atoms with E-state index in [2.05, 4.69) is 15.3 Å². The number of rotatable bonds is 5. The van der Waals surface area contributed by atoms with Crippen molar-refractivity contribution in [2.24, 2.45) is 0 Å². The predicted octanol–water partition coefficient (Wildman–Crippen LogP) is 0.427. The van der Waals surface area contributed by atoms with Crippen molar-refractivity contribution in [3.05, 3.63) is 24.5 Å². The van der Waals surface area contributed by atoms with Crippen LogP contribution in [0.3, 0.4) is 0 Å². The zero-order chi connectivity index (χ0) is 17.2. The largest absolute Gasteiger partial charge is 0.345 e. The van der Waals surface area contributed by atoms with Crippen LogP contribution < -0.4 is 5.32 Å². The van der Waals surface area contributed by atoms with E-state index in [1.54, 1.807) is 30.3 Å². The summed E-state index contributed by atoms with van der Waals surface area (Å²) in [6.45, 7) is 2.07. The third kappa shape index (κ3) is 3.95. The Labute approximate surface area is 153 Å². The number of carbonyl (C=O) groups excluding carboxylic acids is 1. The Morgan fingerprint density at radius 2 is 2.04 bits per heavy atom. The van der Waals surface area contributed by atoms with E-state index in [4.69, 9.17) is 0 Å². The van der Waals surface area contributed by atoms with Gasteiger partial charge in [-0.2, -0.15) is 4.31 Å². The Morgan fingerprint density at radius 1 is 1.32 bits per heavy atom. The lowest BCUT2D eigenvalue weighted by Gasteiger charge is -2.34. The molecule has 2 N–H and O–H groups in total. The molecule has 0 unspecified atom stereocenters. The molecule has 2 aromatic rings. The highest BCUT2D eigenvalue weighted by Crippen LogP contribution is 2.25. The maximum atomic E-state index is 12.9. The molecule has 1 aliphatic heterocycles. The van der Waals surface area contributed by atoms with E-state index < -0.39 is 10.0 Å². The number of fused-ring (bicyclic) bond motifs is 1. The number of carbonyl (C=O) groups is 1. The highest BCUT2D eigenvalue weighted by atomic mass is 35.5. The molecule has 138 valence electrons. The Hall–Kier alpha value is -1.68. The molecule has 0 saturated carbocycles. The van der Waals surface area contributed by atoms with Crippen LogP contribution in [-0.4, -0.2) is 73.3 Å². The van der Waals surface area contributed by atoms with Crippen molar-refractivity contribution in [3.8, 4) is 0 Å². The van der Waals surface area contributed by atoms with Crippen LogP contribution >= 0.6 is 12.4 Å². The summed E-state index contributed by atoms with van der Waals surface area (Å²) in [6.07, 6.45) is 3.53. The number of hydrogen-bond donors (Lipinski definition) is 2. The van der Waals surface area contributed by atoms with Crippen molar-refractivity contribution in [1.29, 1.82) is 0 Å². The zero-order valence-electron chi connectivity index (χ0n) is 13.9. The summed E-state index contributed by atoms with van der Waals surface area (Å²) in [7, 11) is -1.80. The van der Waals surface area contributed by atoms with Gasteiger partial charge in [0.2, 0.25) is 15.9 Å². The van der Waals surface area contributed by atoms with Gasteiger partial charge in [-0.15, -0.1) is 12.4 Å². The minimum absolute atomic E-state index is 0. The average molecular weight is 388 g/mol. The van der Waals surface area contributed by atoms with E-state index in [1.165, 1.54) is 10.5 Å². The molecule has 1 saturated heterocycles. The average Bonchev–Trinajstić information content (AvgIpc) is 3.04. The van der Waals surface area contributed by atoms with Crippen LogP contribution in [0.2, 0.25) is 0 Å². The van der Waals surface area contributed by atoms with Crippen molar-refractivity contribution < 1.29 is 13.2 Å². The van der Waals surface area contributed by atoms with Crippen LogP contribution in [0, 0.1) is 0 Å². The maximum Gasteiger partial charge on any atom is 0.245 e. The molecule has 0 atom stereocenters. The number of H-pyrrole nitrogens is 1. The van der Waals surface area contributed by atoms with Gasteiger partial charge in [-0.1, -0.05) is 0 Å². The monoisotopic (exact) mass is 387 g/mol. The van der Waals surface area contributed by atoms with Crippen molar-refractivity contribution in [2.45, 2.75) is 11.3 Å². The van der Waals surface area contributed by atoms with E-state index in [1.807, 2.05) is 0 Å². The van der Waals surface area contributed by atoms with Crippen LogP contribution in [-0.2, 0) is 14.8 Å². The van der Waals surface area contributed by atoms with Crippen molar-refractivity contribution in [3.63, 3.8) is 0 Å². The first-order valence-corrected chi connectivity index (χ1v) is 9.32. The molecule has 0 bridgehead atoms. The number of nitrogens with one attached hydrogen (secondary N) is 2. The number of pyridine rings is 1. The molecule has 0 aliphatic carbocycles. The summed E-state index contributed by atoms with van der Waals surface area (Å²) in [4.78, 5) is 21.0. The van der Waals surface area contributed by atoms with Gasteiger partial charge in [0, 0.05) is 56.9 Å². The van der Waals surface area contributed by atoms with Gasteiger partial charge in [0.05, 0.1) is 0 Å². The number of amides is 1. The van der Waals surface area contributed by atoms with Gasteiger partial charge in [0.25, 0.3) is 0 Å². The van der Waals surface area contributed by atoms with E-state index in [0.717, 1.165) is 0 Å². The van der Waals surface area contributed by atoms with Gasteiger partial charge in [0.15, 0.2) is 0 Å². The van der Waals surface area contributed by atoms with Crippen molar-refractivity contribution in [1.82, 2.24) is 24.5 Å². The smallest absolute Gasteiger partial charge is 0.245 e. The number of nitrogens with zero attached hydrogens (tertiary/aromatic N) is 3. The van der Waals surface area contributed by atoms with Gasteiger partial charge in [-0.05, 0) is 19.2 Å². The molecule has 25 heavy (non-hydrogen) atoms. The lowest BCUT2D eigenvalue weighted by Crippen LogP contribution is -2.50. The summed E-state index contributed by atoms with van der Waals surface area (Å²) in [5.74, 6) is 0.0534. The Bertz CT molecular complexity index is 831. The van der Waals surface area contributed by atoms with Gasteiger partial charge in [0.1, 0.15) is 10.5 Å². The lowest BCUT2D eigenvalue weighted by atomic mass is 10.3. The summed E-state index contributed by atoms with van der Waals surface area (Å²) >= 11 is 0. The third-order valence-corrected chi connectivity index (χ3v) is 6.15. The first kappa shape index (κ1) is 19.6. The summed E-state index contributed by atoms with van der Waals surface area (Å²) in [6, 6.07) is 3.46. The van der Waals surface area contributed by atoms with E-state index in [0.29, 0.717) is 50.2 Å². The van der Waals surface area contributed by atoms with Crippen LogP contribution in [0.5, 0.6) is 0 Å². The van der Waals surface area contributed by atoms with E-state index >= 15 is 0 Å². The number of halogens is 1. The number of piperazine rings is 1. The second-order valence-electron chi connectivity index (χ2n) is 5.69. The number of aromatic nitrogens is 2. The molecule has 10 heteroatoms. The van der Waals surface area contributed by atoms with Gasteiger partial charge < -0.3 is 15.2 Å². The molecular weight excluding hydrogens is 366 g/mol. The Kier molecular flexibility index (Phi) is 6.39. The Balaban J connectivity index is 0.00000225. The third-order valence-electron chi connectivity index (χ3n) is 4.21. The first-order valence-electron chi connectivity index (χ1n) is 7.88. The summed E-state index contributed by atoms with van der Waals surface area (Å²) in [5, 5.41) is 3.53. The summed E-state index contributed by atoms with van der Waals surface area (Å²) in [5.41, 5.74) is 0.553. The molecule has 0 aromatic carbocycles. The van der Waals surface area contributed by atoms with Crippen molar-refractivity contribution in [2.75, 3.05) is 39.8 Å². The van der Waals surface area contributed by atoms with Crippen LogP contribution in [0.25, 0.3) is 11.0 Å². The Morgan fingerprint density at radius 3 is 2.72 bits per heavy atom. The molecule has 1 aliphatic rings. The van der Waals surface area contributed by atoms with Crippen LogP contribution in [0.1, 0.15) is 6.42 Å². The highest BCUT2D eigenvalue weighted by molar-refractivity contribution is 7.89. The number of hydrogen-bond acceptors (Lipinski definition) is 5.